The highest BCUT2D eigenvalue weighted by Crippen LogP contribution is 2.30. The molecule has 0 saturated carbocycles. The van der Waals surface area contributed by atoms with Crippen LogP contribution in [-0.4, -0.2) is 9.97 Å². The zero-order valence-electron chi connectivity index (χ0n) is 11.3. The fourth-order valence-corrected chi connectivity index (χ4v) is 2.87. The second-order valence-corrected chi connectivity index (χ2v) is 6.47. The van der Waals surface area contributed by atoms with Crippen LogP contribution in [0.25, 0.3) is 0 Å². The van der Waals surface area contributed by atoms with Crippen LogP contribution in [-0.2, 0) is 5.41 Å². The van der Waals surface area contributed by atoms with E-state index in [1.807, 2.05) is 0 Å². The van der Waals surface area contributed by atoms with Crippen molar-refractivity contribution in [3.63, 3.8) is 0 Å². The van der Waals surface area contributed by atoms with Gasteiger partial charge >= 0.3 is 0 Å². The molecule has 1 aromatic heterocycles. The van der Waals surface area contributed by atoms with Crippen LogP contribution in [0.2, 0.25) is 0 Å². The summed E-state index contributed by atoms with van der Waals surface area (Å²) in [5, 5.41) is 0. The minimum absolute atomic E-state index is 0.00830. The number of aromatic nitrogens is 2. The first-order valence-electron chi connectivity index (χ1n) is 6.14. The van der Waals surface area contributed by atoms with Crippen molar-refractivity contribution in [3.05, 3.63) is 15.1 Å². The van der Waals surface area contributed by atoms with Gasteiger partial charge in [0.1, 0.15) is 11.6 Å². The van der Waals surface area contributed by atoms with Gasteiger partial charge in [-0.05, 0) is 35.4 Å². The fraction of sp³-hybridized carbons (Fsp3) is 0.692. The molecule has 3 nitrogen and oxygen atoms in total. The number of nitrogens with two attached hydrogens (primary N) is 1. The Labute approximate surface area is 118 Å². The Balaban J connectivity index is 3.33. The Kier molecular flexibility index (Phi) is 4.75. The topological polar surface area (TPSA) is 51.8 Å². The lowest BCUT2D eigenvalue weighted by Crippen LogP contribution is -2.20. The molecular weight excluding hydrogens is 325 g/mol. The molecule has 0 spiro atoms. The molecule has 0 aliphatic rings. The van der Waals surface area contributed by atoms with E-state index < -0.39 is 0 Å². The lowest BCUT2D eigenvalue weighted by Gasteiger charge is -2.22. The molecule has 1 rings (SSSR count). The number of nitrogens with zero attached hydrogens (tertiary/aromatic N) is 2. The molecule has 0 unspecified atom stereocenters. The second-order valence-electron chi connectivity index (χ2n) is 5.39. The number of hydrogen-bond acceptors (Lipinski definition) is 3. The van der Waals surface area contributed by atoms with E-state index in [1.54, 1.807) is 0 Å². The molecule has 0 radical (unpaired) electrons. The van der Waals surface area contributed by atoms with Gasteiger partial charge in [-0.25, -0.2) is 9.97 Å². The van der Waals surface area contributed by atoms with Gasteiger partial charge in [-0.2, -0.15) is 0 Å². The summed E-state index contributed by atoms with van der Waals surface area (Å²) in [4.78, 5) is 9.20. The smallest absolute Gasteiger partial charge is 0.140 e. The predicted molar refractivity (Wildman–Crippen MR) is 81.2 cm³/mol. The van der Waals surface area contributed by atoms with Crippen LogP contribution in [0, 0.1) is 3.57 Å². The van der Waals surface area contributed by atoms with Gasteiger partial charge in [0.15, 0.2) is 0 Å². The van der Waals surface area contributed by atoms with Gasteiger partial charge in [0, 0.05) is 11.3 Å². The van der Waals surface area contributed by atoms with Crippen molar-refractivity contribution in [1.82, 2.24) is 9.97 Å². The third kappa shape index (κ3) is 3.30. The standard InChI is InChI=1S/C13H22IN3/c1-6-8(7-2)12-16-10(13(3,4)5)9(14)11(15)17-12/h8H,6-7H2,1-5H3,(H2,15,16,17). The summed E-state index contributed by atoms with van der Waals surface area (Å²) in [6, 6.07) is 0. The van der Waals surface area contributed by atoms with E-state index in [9.17, 15) is 0 Å². The van der Waals surface area contributed by atoms with Crippen LogP contribution in [0.3, 0.4) is 0 Å². The van der Waals surface area contributed by atoms with E-state index >= 15 is 0 Å². The Bertz CT molecular complexity index is 392. The third-order valence-corrected chi connectivity index (χ3v) is 4.02. The molecular formula is C13H22IN3. The molecule has 17 heavy (non-hydrogen) atoms. The molecule has 0 atom stereocenters. The van der Waals surface area contributed by atoms with Crippen LogP contribution in [0.1, 0.15) is 64.9 Å². The Morgan fingerprint density at radius 1 is 1.18 bits per heavy atom. The van der Waals surface area contributed by atoms with Gasteiger partial charge in [-0.15, -0.1) is 0 Å². The van der Waals surface area contributed by atoms with Crippen LogP contribution in [0.5, 0.6) is 0 Å². The van der Waals surface area contributed by atoms with E-state index in [0.717, 1.165) is 27.9 Å². The van der Waals surface area contributed by atoms with Gasteiger partial charge in [0.2, 0.25) is 0 Å². The molecule has 4 heteroatoms. The molecule has 0 saturated heterocycles. The molecule has 0 aliphatic carbocycles. The van der Waals surface area contributed by atoms with Crippen molar-refractivity contribution in [3.8, 4) is 0 Å². The highest BCUT2D eigenvalue weighted by molar-refractivity contribution is 14.1. The average Bonchev–Trinajstić information content (AvgIpc) is 2.23. The van der Waals surface area contributed by atoms with Gasteiger partial charge < -0.3 is 5.73 Å². The van der Waals surface area contributed by atoms with Gasteiger partial charge in [0.25, 0.3) is 0 Å². The summed E-state index contributed by atoms with van der Waals surface area (Å²) in [5.74, 6) is 1.93. The minimum Gasteiger partial charge on any atom is -0.383 e. The summed E-state index contributed by atoms with van der Waals surface area (Å²) in [5.41, 5.74) is 7.08. The Morgan fingerprint density at radius 3 is 2.12 bits per heavy atom. The highest BCUT2D eigenvalue weighted by atomic mass is 127. The van der Waals surface area contributed by atoms with Gasteiger partial charge in [0.05, 0.1) is 9.26 Å². The molecule has 1 heterocycles. The van der Waals surface area contributed by atoms with Crippen LogP contribution < -0.4 is 5.73 Å². The predicted octanol–water partition coefficient (Wildman–Crippen LogP) is 3.86. The fourth-order valence-electron chi connectivity index (χ4n) is 1.82. The summed E-state index contributed by atoms with van der Waals surface area (Å²) >= 11 is 2.24. The Morgan fingerprint density at radius 2 is 1.71 bits per heavy atom. The quantitative estimate of drug-likeness (QED) is 0.845. The maximum absolute atomic E-state index is 6.01. The molecule has 0 aromatic carbocycles. The number of anilines is 1. The number of hydrogen-bond donors (Lipinski definition) is 1. The largest absolute Gasteiger partial charge is 0.383 e. The van der Waals surface area contributed by atoms with Crippen molar-refractivity contribution in [2.24, 2.45) is 0 Å². The van der Waals surface area contributed by atoms with Crippen molar-refractivity contribution in [1.29, 1.82) is 0 Å². The van der Waals surface area contributed by atoms with Crippen molar-refractivity contribution in [2.75, 3.05) is 5.73 Å². The summed E-state index contributed by atoms with van der Waals surface area (Å²) in [7, 11) is 0. The summed E-state index contributed by atoms with van der Waals surface area (Å²) in [6.07, 6.45) is 2.11. The molecule has 1 aromatic rings. The highest BCUT2D eigenvalue weighted by Gasteiger charge is 2.23. The summed E-state index contributed by atoms with van der Waals surface area (Å²) in [6.45, 7) is 10.8. The van der Waals surface area contributed by atoms with E-state index in [-0.39, 0.29) is 5.41 Å². The lowest BCUT2D eigenvalue weighted by atomic mass is 9.91. The molecule has 0 bridgehead atoms. The average molecular weight is 347 g/mol. The normalized spacial score (nSPS) is 12.2. The van der Waals surface area contributed by atoms with E-state index in [2.05, 4.69) is 62.2 Å². The first-order valence-corrected chi connectivity index (χ1v) is 7.22. The zero-order valence-corrected chi connectivity index (χ0v) is 13.5. The third-order valence-electron chi connectivity index (χ3n) is 2.96. The monoisotopic (exact) mass is 347 g/mol. The molecule has 0 aliphatic heterocycles. The van der Waals surface area contributed by atoms with Crippen LogP contribution in [0.15, 0.2) is 0 Å². The Hall–Kier alpha value is -0.390. The zero-order chi connectivity index (χ0) is 13.2. The van der Waals surface area contributed by atoms with E-state index in [0.29, 0.717) is 11.7 Å². The van der Waals surface area contributed by atoms with E-state index in [4.69, 9.17) is 10.7 Å². The van der Waals surface area contributed by atoms with E-state index in [1.165, 1.54) is 0 Å². The van der Waals surface area contributed by atoms with Crippen molar-refractivity contribution < 1.29 is 0 Å². The van der Waals surface area contributed by atoms with Gasteiger partial charge in [-0.3, -0.25) is 0 Å². The lowest BCUT2D eigenvalue weighted by molar-refractivity contribution is 0.539. The maximum atomic E-state index is 6.01. The van der Waals surface area contributed by atoms with Crippen LogP contribution in [0.4, 0.5) is 5.82 Å². The van der Waals surface area contributed by atoms with Crippen molar-refractivity contribution >= 4 is 28.4 Å². The number of halogens is 1. The van der Waals surface area contributed by atoms with Gasteiger partial charge in [-0.1, -0.05) is 34.6 Å². The summed E-state index contributed by atoms with van der Waals surface area (Å²) < 4.78 is 0.991. The minimum atomic E-state index is 0.00830. The molecule has 96 valence electrons. The number of rotatable bonds is 3. The molecule has 2 N–H and O–H groups in total. The number of nitrogen functional groups attached to an aromatic ring is 1. The first kappa shape index (κ1) is 14.7. The van der Waals surface area contributed by atoms with Crippen molar-refractivity contribution in [2.45, 2.75) is 58.8 Å². The van der Waals surface area contributed by atoms with Crippen LogP contribution >= 0.6 is 22.6 Å². The molecule has 0 amide bonds. The molecule has 0 fully saturated rings. The second kappa shape index (κ2) is 5.50. The first-order chi connectivity index (χ1) is 7.81. The maximum Gasteiger partial charge on any atom is 0.140 e. The SMILES string of the molecule is CCC(CC)c1nc(N)c(I)c(C(C)(C)C)n1.